The van der Waals surface area contributed by atoms with Crippen molar-refractivity contribution in [2.75, 3.05) is 6.61 Å². The van der Waals surface area contributed by atoms with Gasteiger partial charge in [0.1, 0.15) is 0 Å². The highest BCUT2D eigenvalue weighted by Crippen LogP contribution is 2.68. The van der Waals surface area contributed by atoms with Crippen molar-refractivity contribution in [3.8, 4) is 0 Å². The van der Waals surface area contributed by atoms with Gasteiger partial charge in [0.05, 0.1) is 12.2 Å². The van der Waals surface area contributed by atoms with Crippen LogP contribution in [0.4, 0.5) is 0 Å². The van der Waals surface area contributed by atoms with Crippen LogP contribution in [0.15, 0.2) is 12.1 Å². The van der Waals surface area contributed by atoms with Crippen LogP contribution in [0, 0.1) is 31.1 Å². The second-order valence-electron chi connectivity index (χ2n) is 8.83. The molecule has 5 atom stereocenters. The van der Waals surface area contributed by atoms with Gasteiger partial charge in [0.2, 0.25) is 0 Å². The van der Waals surface area contributed by atoms with Gasteiger partial charge in [0.15, 0.2) is 0 Å². The number of epoxide rings is 1. The van der Waals surface area contributed by atoms with Gasteiger partial charge in [0, 0.05) is 5.41 Å². The quantitative estimate of drug-likeness (QED) is 0.618. The molecule has 1 heterocycles. The van der Waals surface area contributed by atoms with Crippen LogP contribution >= 0.6 is 0 Å². The van der Waals surface area contributed by atoms with Crippen LogP contribution in [0.1, 0.15) is 67.2 Å². The van der Waals surface area contributed by atoms with Gasteiger partial charge in [-0.1, -0.05) is 19.1 Å². The third kappa shape index (κ3) is 1.54. The van der Waals surface area contributed by atoms with E-state index in [1.807, 2.05) is 0 Å². The Balaban J connectivity index is 1.55. The Morgan fingerprint density at radius 2 is 1.82 bits per heavy atom. The Labute approximate surface area is 134 Å². The summed E-state index contributed by atoms with van der Waals surface area (Å²) in [7, 11) is 0. The van der Waals surface area contributed by atoms with Gasteiger partial charge < -0.3 is 4.74 Å². The minimum atomic E-state index is 0.298. The molecule has 118 valence electrons. The lowest BCUT2D eigenvalue weighted by molar-refractivity contribution is 0.0121. The molecule has 1 aromatic carbocycles. The predicted octanol–water partition coefficient (Wildman–Crippen LogP) is 4.93. The van der Waals surface area contributed by atoms with Crippen molar-refractivity contribution in [3.05, 3.63) is 34.4 Å². The summed E-state index contributed by atoms with van der Waals surface area (Å²) in [4.78, 5) is 0. The van der Waals surface area contributed by atoms with Crippen molar-refractivity contribution in [1.29, 1.82) is 0 Å². The lowest BCUT2D eigenvalue weighted by Gasteiger charge is -2.50. The number of aryl methyl sites for hydroxylation is 3. The van der Waals surface area contributed by atoms with Crippen LogP contribution in [0.5, 0.6) is 0 Å². The molecule has 1 unspecified atom stereocenters. The van der Waals surface area contributed by atoms with Crippen molar-refractivity contribution in [2.24, 2.45) is 17.3 Å². The average molecular weight is 296 g/mol. The fourth-order valence-corrected chi connectivity index (χ4v) is 6.51. The molecule has 1 aliphatic heterocycles. The third-order valence-corrected chi connectivity index (χ3v) is 8.12. The van der Waals surface area contributed by atoms with Crippen molar-refractivity contribution < 1.29 is 4.74 Å². The van der Waals surface area contributed by atoms with Crippen molar-refractivity contribution in [1.82, 2.24) is 0 Å². The number of benzene rings is 1. The molecular weight excluding hydrogens is 268 g/mol. The number of hydrogen-bond donors (Lipinski definition) is 0. The van der Waals surface area contributed by atoms with Crippen LogP contribution in [-0.2, 0) is 11.2 Å². The fraction of sp³-hybridized carbons (Fsp3) is 0.714. The highest BCUT2D eigenvalue weighted by atomic mass is 16.6. The lowest BCUT2D eigenvalue weighted by Crippen LogP contribution is -2.45. The standard InChI is InChI=1S/C21H28O/c1-13-10-15-4-5-17-16(18(15)11-14(13)2)6-8-20(3)19(17)7-9-21(20)12-22-21/h10-11,16-17,19H,4-9,12H2,1-3H3/t16-,17+,19-,20-,21?/m0/s1. The van der Waals surface area contributed by atoms with E-state index < -0.39 is 0 Å². The molecule has 4 aliphatic rings. The topological polar surface area (TPSA) is 12.5 Å². The first-order valence-corrected chi connectivity index (χ1v) is 9.28. The first kappa shape index (κ1) is 13.6. The van der Waals surface area contributed by atoms with Crippen molar-refractivity contribution >= 4 is 0 Å². The van der Waals surface area contributed by atoms with Crippen LogP contribution < -0.4 is 0 Å². The summed E-state index contributed by atoms with van der Waals surface area (Å²) < 4.78 is 6.01. The average Bonchev–Trinajstić information content (AvgIpc) is 3.22. The number of hydrogen-bond acceptors (Lipinski definition) is 1. The Morgan fingerprint density at radius 1 is 1.05 bits per heavy atom. The summed E-state index contributed by atoms with van der Waals surface area (Å²) in [5.74, 6) is 2.65. The summed E-state index contributed by atoms with van der Waals surface area (Å²) in [5, 5.41) is 0. The molecule has 0 radical (unpaired) electrons. The van der Waals surface area contributed by atoms with E-state index >= 15 is 0 Å². The Kier molecular flexibility index (Phi) is 2.58. The normalized spacial score (nSPS) is 45.3. The first-order valence-electron chi connectivity index (χ1n) is 9.28. The van der Waals surface area contributed by atoms with Gasteiger partial charge in [-0.2, -0.15) is 0 Å². The zero-order chi connectivity index (χ0) is 15.1. The van der Waals surface area contributed by atoms with E-state index in [0.29, 0.717) is 11.0 Å². The molecular formula is C21H28O. The summed E-state index contributed by atoms with van der Waals surface area (Å²) in [6.45, 7) is 8.16. The second kappa shape index (κ2) is 4.17. The monoisotopic (exact) mass is 296 g/mol. The summed E-state index contributed by atoms with van der Waals surface area (Å²) in [5.41, 5.74) is 7.10. The molecule has 5 rings (SSSR count). The zero-order valence-corrected chi connectivity index (χ0v) is 14.2. The lowest BCUT2D eigenvalue weighted by atomic mass is 9.54. The molecule has 3 fully saturated rings. The first-order chi connectivity index (χ1) is 10.5. The van der Waals surface area contributed by atoms with Crippen LogP contribution in [0.2, 0.25) is 0 Å². The van der Waals surface area contributed by atoms with Crippen LogP contribution in [-0.4, -0.2) is 12.2 Å². The maximum absolute atomic E-state index is 6.01. The summed E-state index contributed by atoms with van der Waals surface area (Å²) in [6, 6.07) is 5.01. The Hall–Kier alpha value is -0.820. The third-order valence-electron chi connectivity index (χ3n) is 8.12. The number of rotatable bonds is 0. The highest BCUT2D eigenvalue weighted by molar-refractivity contribution is 5.42. The van der Waals surface area contributed by atoms with E-state index in [4.69, 9.17) is 4.74 Å². The van der Waals surface area contributed by atoms with E-state index in [-0.39, 0.29) is 0 Å². The van der Waals surface area contributed by atoms with Gasteiger partial charge in [0.25, 0.3) is 0 Å². The molecule has 1 nitrogen and oxygen atoms in total. The molecule has 2 saturated carbocycles. The van der Waals surface area contributed by atoms with Gasteiger partial charge in [-0.05, 0) is 92.4 Å². The largest absolute Gasteiger partial charge is 0.369 e. The molecule has 0 amide bonds. The molecule has 3 aliphatic carbocycles. The van der Waals surface area contributed by atoms with Crippen molar-refractivity contribution in [2.45, 2.75) is 70.8 Å². The number of ether oxygens (including phenoxy) is 1. The van der Waals surface area contributed by atoms with Gasteiger partial charge in [-0.3, -0.25) is 0 Å². The molecule has 0 N–H and O–H groups in total. The zero-order valence-electron chi connectivity index (χ0n) is 14.2. The van der Waals surface area contributed by atoms with Crippen LogP contribution in [0.3, 0.4) is 0 Å². The van der Waals surface area contributed by atoms with Gasteiger partial charge in [-0.25, -0.2) is 0 Å². The highest BCUT2D eigenvalue weighted by Gasteiger charge is 2.68. The minimum Gasteiger partial charge on any atom is -0.369 e. The van der Waals surface area contributed by atoms with E-state index in [2.05, 4.69) is 32.9 Å². The maximum Gasteiger partial charge on any atom is 0.0972 e. The maximum atomic E-state index is 6.01. The summed E-state index contributed by atoms with van der Waals surface area (Å²) in [6.07, 6.45) is 8.23. The fourth-order valence-electron chi connectivity index (χ4n) is 6.51. The molecule has 1 aromatic rings. The van der Waals surface area contributed by atoms with E-state index in [0.717, 1.165) is 24.4 Å². The molecule has 1 saturated heterocycles. The minimum absolute atomic E-state index is 0.298. The van der Waals surface area contributed by atoms with Crippen molar-refractivity contribution in [3.63, 3.8) is 0 Å². The molecule has 1 spiro atoms. The van der Waals surface area contributed by atoms with E-state index in [1.54, 1.807) is 11.1 Å². The van der Waals surface area contributed by atoms with Gasteiger partial charge in [-0.15, -0.1) is 0 Å². The Morgan fingerprint density at radius 3 is 2.59 bits per heavy atom. The SMILES string of the molecule is Cc1cc2c(cc1C)[C@H]1CC[C@@]3(C)[C@@H](CCC34CO4)[C@@H]1CC2. The molecule has 0 aromatic heterocycles. The van der Waals surface area contributed by atoms with Crippen LogP contribution in [0.25, 0.3) is 0 Å². The molecule has 1 heteroatoms. The Bertz CT molecular complexity index is 642. The summed E-state index contributed by atoms with van der Waals surface area (Å²) >= 11 is 0. The van der Waals surface area contributed by atoms with Gasteiger partial charge >= 0.3 is 0 Å². The molecule has 0 bridgehead atoms. The van der Waals surface area contributed by atoms with E-state index in [9.17, 15) is 0 Å². The number of fused-ring (bicyclic) bond motifs is 6. The second-order valence-corrected chi connectivity index (χ2v) is 8.83. The predicted molar refractivity (Wildman–Crippen MR) is 89.2 cm³/mol. The molecule has 22 heavy (non-hydrogen) atoms. The smallest absolute Gasteiger partial charge is 0.0972 e. The van der Waals surface area contributed by atoms with E-state index in [1.165, 1.54) is 49.7 Å².